The van der Waals surface area contributed by atoms with E-state index in [2.05, 4.69) is 20.8 Å². The highest BCUT2D eigenvalue weighted by Crippen LogP contribution is 2.31. The average Bonchev–Trinajstić information content (AvgIpc) is 3.29. The van der Waals surface area contributed by atoms with E-state index in [4.69, 9.17) is 4.98 Å². The number of hydrogen-bond acceptors (Lipinski definition) is 4. The summed E-state index contributed by atoms with van der Waals surface area (Å²) >= 11 is 1.96. The Bertz CT molecular complexity index is 695. The fourth-order valence-corrected chi connectivity index (χ4v) is 5.69. The third-order valence-corrected chi connectivity index (χ3v) is 6.84. The monoisotopic (exact) mass is 328 g/mol. The van der Waals surface area contributed by atoms with E-state index in [0.29, 0.717) is 6.04 Å². The summed E-state index contributed by atoms with van der Waals surface area (Å²) < 4.78 is 2.50. The van der Waals surface area contributed by atoms with Gasteiger partial charge in [0.1, 0.15) is 5.01 Å². The fraction of sp³-hybridized carbons (Fsp3) is 0.667. The number of aryl methyl sites for hydroxylation is 3. The van der Waals surface area contributed by atoms with Gasteiger partial charge in [-0.1, -0.05) is 0 Å². The summed E-state index contributed by atoms with van der Waals surface area (Å²) in [6, 6.07) is 0.621. The second-order valence-electron chi connectivity index (χ2n) is 7.26. The van der Waals surface area contributed by atoms with Gasteiger partial charge in [-0.25, -0.2) is 9.97 Å². The summed E-state index contributed by atoms with van der Waals surface area (Å²) in [4.78, 5) is 13.7. The summed E-state index contributed by atoms with van der Waals surface area (Å²) in [6.45, 7) is 3.40. The van der Waals surface area contributed by atoms with Crippen LogP contribution in [-0.4, -0.2) is 32.5 Å². The summed E-state index contributed by atoms with van der Waals surface area (Å²) in [6.07, 6.45) is 12.2. The van der Waals surface area contributed by atoms with Crippen LogP contribution in [-0.2, 0) is 32.2 Å². The van der Waals surface area contributed by atoms with E-state index < -0.39 is 0 Å². The zero-order valence-corrected chi connectivity index (χ0v) is 14.4. The number of thiazole rings is 1. The maximum absolute atomic E-state index is 4.87. The minimum atomic E-state index is 0.621. The van der Waals surface area contributed by atoms with E-state index in [1.54, 1.807) is 4.88 Å². The van der Waals surface area contributed by atoms with Gasteiger partial charge >= 0.3 is 0 Å². The summed E-state index contributed by atoms with van der Waals surface area (Å²) in [5.41, 5.74) is 4.28. The highest BCUT2D eigenvalue weighted by atomic mass is 32.1. The topological polar surface area (TPSA) is 34.0 Å². The van der Waals surface area contributed by atoms with Gasteiger partial charge < -0.3 is 4.57 Å². The van der Waals surface area contributed by atoms with E-state index >= 15 is 0 Å². The first kappa shape index (κ1) is 14.2. The number of aromatic nitrogens is 3. The first-order valence-corrected chi connectivity index (χ1v) is 9.93. The molecule has 23 heavy (non-hydrogen) atoms. The van der Waals surface area contributed by atoms with Crippen molar-refractivity contribution in [2.45, 2.75) is 64.0 Å². The highest BCUT2D eigenvalue weighted by molar-refractivity contribution is 7.11. The molecule has 1 aliphatic heterocycles. The standard InChI is InChI=1S/C18H24N4S/c1-2-6-16-14(4-1)19-12-22(16)13-8-9-21(10-13)11-18-20-15-5-3-7-17(15)23-18/h12-13H,1-11H2/t13-/m1/s1. The normalized spacial score (nSPS) is 24.1. The smallest absolute Gasteiger partial charge is 0.107 e. The Hall–Kier alpha value is -1.20. The van der Waals surface area contributed by atoms with Crippen molar-refractivity contribution in [1.29, 1.82) is 0 Å². The molecule has 1 atom stereocenters. The summed E-state index contributed by atoms with van der Waals surface area (Å²) in [5.74, 6) is 0. The predicted molar refractivity (Wildman–Crippen MR) is 91.9 cm³/mol. The molecule has 5 heteroatoms. The lowest BCUT2D eigenvalue weighted by atomic mass is 10.0. The Morgan fingerprint density at radius 2 is 2.00 bits per heavy atom. The second-order valence-corrected chi connectivity index (χ2v) is 8.43. The van der Waals surface area contributed by atoms with Gasteiger partial charge in [0.15, 0.2) is 0 Å². The zero-order chi connectivity index (χ0) is 15.2. The first-order valence-electron chi connectivity index (χ1n) is 9.11. The Morgan fingerprint density at radius 1 is 1.09 bits per heavy atom. The maximum Gasteiger partial charge on any atom is 0.107 e. The average molecular weight is 328 g/mol. The minimum absolute atomic E-state index is 0.621. The summed E-state index contributed by atoms with van der Waals surface area (Å²) in [5, 5.41) is 1.34. The van der Waals surface area contributed by atoms with Crippen LogP contribution in [0.1, 0.15) is 58.7 Å². The third-order valence-electron chi connectivity index (χ3n) is 5.70. The van der Waals surface area contributed by atoms with Crippen molar-refractivity contribution in [3.8, 4) is 0 Å². The van der Waals surface area contributed by atoms with Crippen LogP contribution in [0.5, 0.6) is 0 Å². The van der Waals surface area contributed by atoms with Crippen molar-refractivity contribution in [3.05, 3.63) is 33.3 Å². The van der Waals surface area contributed by atoms with Crippen molar-refractivity contribution in [2.75, 3.05) is 13.1 Å². The lowest BCUT2D eigenvalue weighted by Gasteiger charge is -2.19. The molecular formula is C18H24N4S. The molecule has 0 N–H and O–H groups in total. The van der Waals surface area contributed by atoms with E-state index in [1.807, 2.05) is 11.3 Å². The quantitative estimate of drug-likeness (QED) is 0.868. The van der Waals surface area contributed by atoms with Crippen LogP contribution in [0.2, 0.25) is 0 Å². The molecule has 5 rings (SSSR count). The summed E-state index contributed by atoms with van der Waals surface area (Å²) in [7, 11) is 0. The molecule has 3 heterocycles. The van der Waals surface area contributed by atoms with Crippen LogP contribution in [0.15, 0.2) is 6.33 Å². The molecule has 2 aromatic heterocycles. The molecule has 4 nitrogen and oxygen atoms in total. The third kappa shape index (κ3) is 2.54. The van der Waals surface area contributed by atoms with E-state index in [-0.39, 0.29) is 0 Å². The van der Waals surface area contributed by atoms with Crippen molar-refractivity contribution >= 4 is 11.3 Å². The SMILES string of the molecule is c1nc2c(n1[C@@H]1CCN(Cc3nc4c(s3)CCC4)C1)CCCC2. The maximum atomic E-state index is 4.87. The van der Waals surface area contributed by atoms with E-state index in [1.165, 1.54) is 80.0 Å². The van der Waals surface area contributed by atoms with Gasteiger partial charge in [-0.15, -0.1) is 11.3 Å². The molecule has 2 aromatic rings. The molecule has 3 aliphatic rings. The second kappa shape index (κ2) is 5.71. The minimum Gasteiger partial charge on any atom is -0.330 e. The molecule has 0 bridgehead atoms. The van der Waals surface area contributed by atoms with Gasteiger partial charge in [-0.05, 0) is 51.4 Å². The molecule has 0 aromatic carbocycles. The van der Waals surface area contributed by atoms with Crippen LogP contribution in [0, 0.1) is 0 Å². The Labute approximate surface area is 141 Å². The van der Waals surface area contributed by atoms with Gasteiger partial charge in [0.05, 0.1) is 24.3 Å². The van der Waals surface area contributed by atoms with Gasteiger partial charge in [0.25, 0.3) is 0 Å². The molecular weight excluding hydrogens is 304 g/mol. The van der Waals surface area contributed by atoms with Crippen molar-refractivity contribution < 1.29 is 0 Å². The fourth-order valence-electron chi connectivity index (χ4n) is 4.49. The van der Waals surface area contributed by atoms with Crippen molar-refractivity contribution in [2.24, 2.45) is 0 Å². The molecule has 1 fully saturated rings. The van der Waals surface area contributed by atoms with E-state index in [0.717, 1.165) is 13.1 Å². The number of likely N-dealkylation sites (tertiary alicyclic amines) is 1. The van der Waals surface area contributed by atoms with Crippen LogP contribution in [0.4, 0.5) is 0 Å². The lowest BCUT2D eigenvalue weighted by Crippen LogP contribution is -2.22. The molecule has 0 unspecified atom stereocenters. The van der Waals surface area contributed by atoms with Crippen molar-refractivity contribution in [3.63, 3.8) is 0 Å². The molecule has 0 amide bonds. The van der Waals surface area contributed by atoms with Crippen LogP contribution in [0.25, 0.3) is 0 Å². The molecule has 1 saturated heterocycles. The van der Waals surface area contributed by atoms with Gasteiger partial charge in [0, 0.05) is 29.7 Å². The Kier molecular flexibility index (Phi) is 3.52. The van der Waals surface area contributed by atoms with Crippen molar-refractivity contribution in [1.82, 2.24) is 19.4 Å². The van der Waals surface area contributed by atoms with E-state index in [9.17, 15) is 0 Å². The highest BCUT2D eigenvalue weighted by Gasteiger charge is 2.28. The zero-order valence-electron chi connectivity index (χ0n) is 13.6. The Balaban J connectivity index is 1.28. The van der Waals surface area contributed by atoms with Gasteiger partial charge in [-0.2, -0.15) is 0 Å². The Morgan fingerprint density at radius 3 is 2.96 bits per heavy atom. The van der Waals surface area contributed by atoms with Gasteiger partial charge in [0.2, 0.25) is 0 Å². The molecule has 0 saturated carbocycles. The predicted octanol–water partition coefficient (Wildman–Crippen LogP) is 3.15. The molecule has 0 radical (unpaired) electrons. The number of hydrogen-bond donors (Lipinski definition) is 0. The number of imidazole rings is 1. The van der Waals surface area contributed by atoms with Gasteiger partial charge in [-0.3, -0.25) is 4.90 Å². The molecule has 2 aliphatic carbocycles. The number of fused-ring (bicyclic) bond motifs is 2. The van der Waals surface area contributed by atoms with Crippen LogP contribution in [0.3, 0.4) is 0 Å². The van der Waals surface area contributed by atoms with Crippen LogP contribution < -0.4 is 0 Å². The molecule has 122 valence electrons. The number of nitrogens with zero attached hydrogens (tertiary/aromatic N) is 4. The molecule has 0 spiro atoms. The number of rotatable bonds is 3. The first-order chi connectivity index (χ1) is 11.4. The largest absolute Gasteiger partial charge is 0.330 e. The van der Waals surface area contributed by atoms with Crippen LogP contribution >= 0.6 is 11.3 Å². The lowest BCUT2D eigenvalue weighted by molar-refractivity contribution is 0.314.